The predicted molar refractivity (Wildman–Crippen MR) is 62.4 cm³/mol. The molecule has 0 spiro atoms. The fourth-order valence-corrected chi connectivity index (χ4v) is 1.82. The lowest BCUT2D eigenvalue weighted by Gasteiger charge is -2.08. The van der Waals surface area contributed by atoms with Crippen molar-refractivity contribution in [2.75, 3.05) is 0 Å². The molecule has 0 bridgehead atoms. The van der Waals surface area contributed by atoms with E-state index in [9.17, 15) is 4.79 Å². The summed E-state index contributed by atoms with van der Waals surface area (Å²) in [6.07, 6.45) is 1.00. The number of amides is 1. The van der Waals surface area contributed by atoms with Gasteiger partial charge >= 0.3 is 0 Å². The molecule has 78 valence electrons. The van der Waals surface area contributed by atoms with Gasteiger partial charge in [-0.2, -0.15) is 0 Å². The van der Waals surface area contributed by atoms with Crippen LogP contribution in [0.2, 0.25) is 0 Å². The van der Waals surface area contributed by atoms with Crippen LogP contribution < -0.4 is 10.6 Å². The largest absolute Gasteiger partial charge is 0.347 e. The third-order valence-corrected chi connectivity index (χ3v) is 2.72. The first-order chi connectivity index (χ1) is 7.20. The number of benzene rings is 1. The Hall–Kier alpha value is -1.42. The highest BCUT2D eigenvalue weighted by Gasteiger charge is 2.28. The minimum absolute atomic E-state index is 0.0794. The van der Waals surface area contributed by atoms with Gasteiger partial charge in [0.1, 0.15) is 6.04 Å². The van der Waals surface area contributed by atoms with E-state index in [2.05, 4.69) is 17.6 Å². The number of thiocarbonyl (C=S) groups is 1. The second-order valence-corrected chi connectivity index (χ2v) is 3.90. The summed E-state index contributed by atoms with van der Waals surface area (Å²) in [6.45, 7) is 2.10. The van der Waals surface area contributed by atoms with Crippen molar-refractivity contribution < 1.29 is 4.79 Å². The quantitative estimate of drug-likeness (QED) is 0.738. The van der Waals surface area contributed by atoms with Crippen molar-refractivity contribution in [1.29, 1.82) is 0 Å². The van der Waals surface area contributed by atoms with Crippen LogP contribution in [0.1, 0.15) is 24.1 Å². The van der Waals surface area contributed by atoms with Crippen LogP contribution in [0.25, 0.3) is 0 Å². The number of carbonyl (C=O) groups excluding carboxylic acids is 1. The molecule has 2 N–H and O–H groups in total. The fourth-order valence-electron chi connectivity index (χ4n) is 1.60. The van der Waals surface area contributed by atoms with E-state index < -0.39 is 0 Å². The van der Waals surface area contributed by atoms with Crippen LogP contribution in [-0.4, -0.2) is 11.0 Å². The third kappa shape index (κ3) is 1.99. The van der Waals surface area contributed by atoms with Crippen LogP contribution in [0, 0.1) is 0 Å². The molecule has 1 heterocycles. The summed E-state index contributed by atoms with van der Waals surface area (Å²) in [5, 5.41) is 5.91. The third-order valence-electron chi connectivity index (χ3n) is 2.50. The summed E-state index contributed by atoms with van der Waals surface area (Å²) in [6, 6.07) is 7.66. The summed E-state index contributed by atoms with van der Waals surface area (Å²) in [7, 11) is 0. The molecule has 1 aliphatic heterocycles. The first kappa shape index (κ1) is 10.1. The van der Waals surface area contributed by atoms with Crippen molar-refractivity contribution in [3.8, 4) is 0 Å². The van der Waals surface area contributed by atoms with Gasteiger partial charge < -0.3 is 10.6 Å². The average Bonchev–Trinajstić information content (AvgIpc) is 2.58. The standard InChI is InChI=1S/C11H12N2OS/c1-2-7-3-5-8(6-4-7)9-10(14)13-11(15)12-9/h3-6,9H,2H2,1H3,(H2,12,13,14,15). The maximum absolute atomic E-state index is 11.5. The van der Waals surface area contributed by atoms with Gasteiger partial charge in [-0.15, -0.1) is 0 Å². The van der Waals surface area contributed by atoms with Crippen LogP contribution >= 0.6 is 12.2 Å². The van der Waals surface area contributed by atoms with E-state index in [0.717, 1.165) is 12.0 Å². The van der Waals surface area contributed by atoms with E-state index in [1.807, 2.05) is 24.3 Å². The SMILES string of the molecule is CCc1ccc(C2NC(=S)NC2=O)cc1. The van der Waals surface area contributed by atoms with Crippen LogP contribution in [0.15, 0.2) is 24.3 Å². The zero-order valence-corrected chi connectivity index (χ0v) is 9.23. The lowest BCUT2D eigenvalue weighted by Crippen LogP contribution is -2.21. The normalized spacial score (nSPS) is 19.9. The maximum Gasteiger partial charge on any atom is 0.253 e. The summed E-state index contributed by atoms with van der Waals surface area (Å²) < 4.78 is 0. The van der Waals surface area contributed by atoms with E-state index >= 15 is 0 Å². The number of carbonyl (C=O) groups is 1. The van der Waals surface area contributed by atoms with Gasteiger partial charge in [-0.3, -0.25) is 4.79 Å². The van der Waals surface area contributed by atoms with Crippen LogP contribution in [0.4, 0.5) is 0 Å². The molecule has 1 aromatic carbocycles. The van der Waals surface area contributed by atoms with Gasteiger partial charge in [-0.05, 0) is 29.8 Å². The summed E-state index contributed by atoms with van der Waals surface area (Å²) in [5.41, 5.74) is 2.21. The predicted octanol–water partition coefficient (Wildman–Crippen LogP) is 1.29. The van der Waals surface area contributed by atoms with Gasteiger partial charge in [-0.1, -0.05) is 31.2 Å². The first-order valence-corrected chi connectivity index (χ1v) is 5.31. The minimum atomic E-state index is -0.330. The Kier molecular flexibility index (Phi) is 2.68. The van der Waals surface area contributed by atoms with Gasteiger partial charge in [0.15, 0.2) is 5.11 Å². The van der Waals surface area contributed by atoms with Crippen molar-refractivity contribution >= 4 is 23.2 Å². The second kappa shape index (κ2) is 3.98. The van der Waals surface area contributed by atoms with Crippen molar-refractivity contribution in [3.63, 3.8) is 0 Å². The van der Waals surface area contributed by atoms with E-state index in [0.29, 0.717) is 5.11 Å². The summed E-state index contributed by atoms with van der Waals surface area (Å²) in [5.74, 6) is -0.0794. The number of aryl methyl sites for hydroxylation is 1. The lowest BCUT2D eigenvalue weighted by atomic mass is 10.0. The summed E-state index contributed by atoms with van der Waals surface area (Å²) in [4.78, 5) is 11.5. The topological polar surface area (TPSA) is 41.1 Å². The molecular weight excluding hydrogens is 208 g/mol. The van der Waals surface area contributed by atoms with Gasteiger partial charge in [0.25, 0.3) is 5.91 Å². The van der Waals surface area contributed by atoms with Crippen molar-refractivity contribution in [2.24, 2.45) is 0 Å². The molecule has 0 radical (unpaired) electrons. The van der Waals surface area contributed by atoms with Crippen LogP contribution in [-0.2, 0) is 11.2 Å². The maximum atomic E-state index is 11.5. The molecule has 1 amide bonds. The highest BCUT2D eigenvalue weighted by Crippen LogP contribution is 2.17. The Balaban J connectivity index is 2.22. The minimum Gasteiger partial charge on any atom is -0.347 e. The Morgan fingerprint density at radius 1 is 1.33 bits per heavy atom. The molecule has 0 saturated carbocycles. The molecule has 2 rings (SSSR count). The number of hydrogen-bond donors (Lipinski definition) is 2. The van der Waals surface area contributed by atoms with Crippen LogP contribution in [0.3, 0.4) is 0 Å². The smallest absolute Gasteiger partial charge is 0.253 e. The Labute approximate surface area is 93.9 Å². The summed E-state index contributed by atoms with van der Waals surface area (Å²) >= 11 is 4.88. The van der Waals surface area contributed by atoms with E-state index in [1.54, 1.807) is 0 Å². The zero-order chi connectivity index (χ0) is 10.8. The molecule has 15 heavy (non-hydrogen) atoms. The number of hydrogen-bond acceptors (Lipinski definition) is 2. The molecular formula is C11H12N2OS. The molecule has 1 saturated heterocycles. The molecule has 4 heteroatoms. The molecule has 1 atom stereocenters. The van der Waals surface area contributed by atoms with Gasteiger partial charge in [-0.25, -0.2) is 0 Å². The number of rotatable bonds is 2. The van der Waals surface area contributed by atoms with E-state index in [4.69, 9.17) is 12.2 Å². The zero-order valence-electron chi connectivity index (χ0n) is 8.41. The van der Waals surface area contributed by atoms with Crippen molar-refractivity contribution in [1.82, 2.24) is 10.6 Å². The lowest BCUT2D eigenvalue weighted by molar-refractivity contribution is -0.120. The Bertz CT molecular complexity index is 400. The van der Waals surface area contributed by atoms with Gasteiger partial charge in [0.05, 0.1) is 0 Å². The number of nitrogens with one attached hydrogen (secondary N) is 2. The van der Waals surface area contributed by atoms with Crippen molar-refractivity contribution in [2.45, 2.75) is 19.4 Å². The molecule has 1 unspecified atom stereocenters. The first-order valence-electron chi connectivity index (χ1n) is 4.91. The molecule has 0 aliphatic carbocycles. The molecule has 0 aromatic heterocycles. The molecule has 3 nitrogen and oxygen atoms in total. The highest BCUT2D eigenvalue weighted by atomic mass is 32.1. The van der Waals surface area contributed by atoms with Crippen LogP contribution in [0.5, 0.6) is 0 Å². The van der Waals surface area contributed by atoms with E-state index in [1.165, 1.54) is 5.56 Å². The van der Waals surface area contributed by atoms with Gasteiger partial charge in [0.2, 0.25) is 0 Å². The second-order valence-electron chi connectivity index (χ2n) is 3.49. The molecule has 1 aliphatic rings. The van der Waals surface area contributed by atoms with Crippen molar-refractivity contribution in [3.05, 3.63) is 35.4 Å². The average molecular weight is 220 g/mol. The molecule has 1 fully saturated rings. The monoisotopic (exact) mass is 220 g/mol. The Morgan fingerprint density at radius 2 is 2.00 bits per heavy atom. The van der Waals surface area contributed by atoms with E-state index in [-0.39, 0.29) is 11.9 Å². The Morgan fingerprint density at radius 3 is 2.47 bits per heavy atom. The molecule has 1 aromatic rings. The fraction of sp³-hybridized carbons (Fsp3) is 0.273. The highest BCUT2D eigenvalue weighted by molar-refractivity contribution is 7.80. The van der Waals surface area contributed by atoms with Gasteiger partial charge in [0, 0.05) is 0 Å².